The molecule has 0 radical (unpaired) electrons. The fourth-order valence-electron chi connectivity index (χ4n) is 2.84. The Bertz CT molecular complexity index is 450. The van der Waals surface area contributed by atoms with Gasteiger partial charge in [-0.2, -0.15) is 4.98 Å². The van der Waals surface area contributed by atoms with Gasteiger partial charge < -0.3 is 4.74 Å². The van der Waals surface area contributed by atoms with Crippen molar-refractivity contribution in [1.82, 2.24) is 9.97 Å². The molecule has 3 nitrogen and oxygen atoms in total. The molecule has 0 amide bonds. The molecular weight excluding hydrogens is 272 g/mol. The summed E-state index contributed by atoms with van der Waals surface area (Å²) >= 11 is 6.20. The van der Waals surface area contributed by atoms with Gasteiger partial charge >= 0.3 is 0 Å². The molecule has 1 aliphatic carbocycles. The Hall–Kier alpha value is -0.830. The van der Waals surface area contributed by atoms with Crippen LogP contribution in [0.5, 0.6) is 5.88 Å². The van der Waals surface area contributed by atoms with E-state index in [2.05, 4.69) is 23.8 Å². The number of aromatic nitrogens is 2. The van der Waals surface area contributed by atoms with Crippen LogP contribution in [0.4, 0.5) is 0 Å². The predicted molar refractivity (Wildman–Crippen MR) is 82.4 cm³/mol. The summed E-state index contributed by atoms with van der Waals surface area (Å²) in [5.41, 5.74) is 0.866. The summed E-state index contributed by atoms with van der Waals surface area (Å²) in [4.78, 5) is 8.87. The van der Waals surface area contributed by atoms with Crippen molar-refractivity contribution in [2.45, 2.75) is 71.8 Å². The zero-order valence-corrected chi connectivity index (χ0v) is 13.5. The number of hydrogen-bond donors (Lipinski definition) is 0. The van der Waals surface area contributed by atoms with Crippen molar-refractivity contribution in [3.05, 3.63) is 16.5 Å². The van der Waals surface area contributed by atoms with Crippen LogP contribution >= 0.6 is 11.6 Å². The summed E-state index contributed by atoms with van der Waals surface area (Å²) in [6.45, 7) is 6.32. The van der Waals surface area contributed by atoms with Crippen LogP contribution < -0.4 is 4.74 Å². The van der Waals surface area contributed by atoms with Crippen LogP contribution in [0.1, 0.15) is 63.8 Å². The number of rotatable bonds is 5. The summed E-state index contributed by atoms with van der Waals surface area (Å²) in [5.74, 6) is 2.28. The standard InChI is InChI=1S/C16H25ClN2O/c1-4-7-14-18-15(17)11(3)16(19-14)20-13-9-6-8-12(5-2)10-13/h12-13H,4-10H2,1-3H3. The van der Waals surface area contributed by atoms with Gasteiger partial charge in [0, 0.05) is 12.0 Å². The minimum Gasteiger partial charge on any atom is -0.474 e. The highest BCUT2D eigenvalue weighted by molar-refractivity contribution is 6.30. The predicted octanol–water partition coefficient (Wildman–Crippen LogP) is 4.74. The molecule has 20 heavy (non-hydrogen) atoms. The average Bonchev–Trinajstić information content (AvgIpc) is 2.45. The van der Waals surface area contributed by atoms with Gasteiger partial charge in [0.05, 0.1) is 0 Å². The highest BCUT2D eigenvalue weighted by atomic mass is 35.5. The molecule has 0 aromatic carbocycles. The van der Waals surface area contributed by atoms with E-state index in [4.69, 9.17) is 16.3 Å². The minimum atomic E-state index is 0.285. The van der Waals surface area contributed by atoms with E-state index in [1.165, 1.54) is 19.3 Å². The molecule has 0 spiro atoms. The van der Waals surface area contributed by atoms with E-state index in [-0.39, 0.29) is 6.10 Å². The lowest BCUT2D eigenvalue weighted by atomic mass is 9.85. The van der Waals surface area contributed by atoms with Crippen LogP contribution in [0.2, 0.25) is 5.15 Å². The molecule has 1 saturated carbocycles. The van der Waals surface area contributed by atoms with Crippen LogP contribution in [0.3, 0.4) is 0 Å². The fraction of sp³-hybridized carbons (Fsp3) is 0.750. The Labute approximate surface area is 127 Å². The van der Waals surface area contributed by atoms with Gasteiger partial charge in [-0.1, -0.05) is 38.3 Å². The Kier molecular flexibility index (Phi) is 5.64. The highest BCUT2D eigenvalue weighted by Crippen LogP contribution is 2.31. The molecule has 1 heterocycles. The molecule has 2 atom stereocenters. The van der Waals surface area contributed by atoms with Crippen LogP contribution in [-0.4, -0.2) is 16.1 Å². The minimum absolute atomic E-state index is 0.285. The van der Waals surface area contributed by atoms with Crippen LogP contribution in [0, 0.1) is 12.8 Å². The molecule has 0 saturated heterocycles. The van der Waals surface area contributed by atoms with Crippen molar-refractivity contribution >= 4 is 11.6 Å². The molecule has 112 valence electrons. The van der Waals surface area contributed by atoms with E-state index < -0.39 is 0 Å². The topological polar surface area (TPSA) is 35.0 Å². The SMILES string of the molecule is CCCc1nc(Cl)c(C)c(OC2CCCC(CC)C2)n1. The highest BCUT2D eigenvalue weighted by Gasteiger charge is 2.23. The van der Waals surface area contributed by atoms with Crippen molar-refractivity contribution in [2.24, 2.45) is 5.92 Å². The van der Waals surface area contributed by atoms with Gasteiger partial charge in [0.25, 0.3) is 0 Å². The molecule has 1 aromatic rings. The first-order valence-corrected chi connectivity index (χ1v) is 8.21. The van der Waals surface area contributed by atoms with Gasteiger partial charge in [0.2, 0.25) is 5.88 Å². The zero-order chi connectivity index (χ0) is 14.5. The van der Waals surface area contributed by atoms with Gasteiger partial charge in [0.1, 0.15) is 17.1 Å². The third-order valence-corrected chi connectivity index (χ3v) is 4.52. The Morgan fingerprint density at radius 3 is 2.75 bits per heavy atom. The maximum Gasteiger partial charge on any atom is 0.221 e. The average molecular weight is 297 g/mol. The smallest absolute Gasteiger partial charge is 0.221 e. The summed E-state index contributed by atoms with van der Waals surface area (Å²) in [5, 5.41) is 0.529. The second kappa shape index (κ2) is 7.26. The van der Waals surface area contributed by atoms with Gasteiger partial charge in [-0.25, -0.2) is 4.98 Å². The van der Waals surface area contributed by atoms with Crippen LogP contribution in [0.15, 0.2) is 0 Å². The molecular formula is C16H25ClN2O. The maximum absolute atomic E-state index is 6.20. The Balaban J connectivity index is 2.11. The molecule has 4 heteroatoms. The summed E-state index contributed by atoms with van der Waals surface area (Å²) in [7, 11) is 0. The molecule has 1 aromatic heterocycles. The number of ether oxygens (including phenoxy) is 1. The second-order valence-corrected chi connectivity index (χ2v) is 6.15. The van der Waals surface area contributed by atoms with Gasteiger partial charge in [-0.15, -0.1) is 0 Å². The summed E-state index contributed by atoms with van der Waals surface area (Å²) in [6, 6.07) is 0. The fourth-order valence-corrected chi connectivity index (χ4v) is 3.02. The maximum atomic E-state index is 6.20. The monoisotopic (exact) mass is 296 g/mol. The third-order valence-electron chi connectivity index (χ3n) is 4.15. The molecule has 2 unspecified atom stereocenters. The van der Waals surface area contributed by atoms with Crippen LogP contribution in [-0.2, 0) is 6.42 Å². The summed E-state index contributed by atoms with van der Waals surface area (Å²) in [6.07, 6.45) is 8.24. The largest absolute Gasteiger partial charge is 0.474 e. The summed E-state index contributed by atoms with van der Waals surface area (Å²) < 4.78 is 6.15. The van der Waals surface area contributed by atoms with Crippen molar-refractivity contribution in [3.63, 3.8) is 0 Å². The Morgan fingerprint density at radius 1 is 1.25 bits per heavy atom. The number of hydrogen-bond acceptors (Lipinski definition) is 3. The Morgan fingerprint density at radius 2 is 2.05 bits per heavy atom. The first-order valence-electron chi connectivity index (χ1n) is 7.83. The first kappa shape index (κ1) is 15.6. The first-order chi connectivity index (χ1) is 9.63. The lowest BCUT2D eigenvalue weighted by molar-refractivity contribution is 0.116. The van der Waals surface area contributed by atoms with E-state index in [9.17, 15) is 0 Å². The van der Waals surface area contributed by atoms with Crippen molar-refractivity contribution < 1.29 is 4.74 Å². The van der Waals surface area contributed by atoms with E-state index in [1.54, 1.807) is 0 Å². The van der Waals surface area contributed by atoms with E-state index in [0.29, 0.717) is 11.0 Å². The molecule has 0 aliphatic heterocycles. The molecule has 2 rings (SSSR count). The zero-order valence-electron chi connectivity index (χ0n) is 12.8. The van der Waals surface area contributed by atoms with E-state index in [1.807, 2.05) is 6.92 Å². The van der Waals surface area contributed by atoms with Gasteiger partial charge in [0.15, 0.2) is 0 Å². The van der Waals surface area contributed by atoms with Crippen molar-refractivity contribution in [2.75, 3.05) is 0 Å². The lowest BCUT2D eigenvalue weighted by Gasteiger charge is -2.29. The molecule has 1 fully saturated rings. The second-order valence-electron chi connectivity index (χ2n) is 5.79. The van der Waals surface area contributed by atoms with Gasteiger partial charge in [-0.3, -0.25) is 0 Å². The molecule has 0 N–H and O–H groups in total. The van der Waals surface area contributed by atoms with Gasteiger partial charge in [-0.05, 0) is 38.5 Å². The lowest BCUT2D eigenvalue weighted by Crippen LogP contribution is -2.26. The quantitative estimate of drug-likeness (QED) is 0.736. The molecule has 0 bridgehead atoms. The van der Waals surface area contributed by atoms with E-state index in [0.717, 1.165) is 43.0 Å². The van der Waals surface area contributed by atoms with Crippen molar-refractivity contribution in [3.8, 4) is 5.88 Å². The number of halogens is 1. The van der Waals surface area contributed by atoms with Crippen LogP contribution in [0.25, 0.3) is 0 Å². The normalized spacial score (nSPS) is 22.8. The number of nitrogens with zero attached hydrogens (tertiary/aromatic N) is 2. The number of aryl methyl sites for hydroxylation is 1. The van der Waals surface area contributed by atoms with Crippen molar-refractivity contribution in [1.29, 1.82) is 0 Å². The van der Waals surface area contributed by atoms with E-state index >= 15 is 0 Å². The molecule has 1 aliphatic rings. The third kappa shape index (κ3) is 3.85.